The number of benzene rings is 3. The van der Waals surface area contributed by atoms with Crippen LogP contribution >= 0.6 is 23.2 Å². The van der Waals surface area contributed by atoms with Gasteiger partial charge in [0.1, 0.15) is 5.75 Å². The number of hydrogen-bond acceptors (Lipinski definition) is 3. The third-order valence-corrected chi connectivity index (χ3v) is 4.52. The van der Waals surface area contributed by atoms with Crippen LogP contribution in [-0.4, -0.2) is 5.97 Å². The molecule has 5 heteroatoms. The van der Waals surface area contributed by atoms with E-state index in [1.165, 1.54) is 6.08 Å². The van der Waals surface area contributed by atoms with Crippen LogP contribution in [-0.2, 0) is 4.79 Å². The molecule has 0 radical (unpaired) electrons. The van der Waals surface area contributed by atoms with Crippen LogP contribution in [0.3, 0.4) is 0 Å². The van der Waals surface area contributed by atoms with E-state index in [9.17, 15) is 10.1 Å². The van der Waals surface area contributed by atoms with Gasteiger partial charge in [0.15, 0.2) is 0 Å². The number of nitriles is 1. The van der Waals surface area contributed by atoms with E-state index in [-0.39, 0.29) is 0 Å². The molecule has 0 N–H and O–H groups in total. The van der Waals surface area contributed by atoms with E-state index < -0.39 is 5.97 Å². The molecule has 0 aromatic heterocycles. The number of ether oxygens (including phenoxy) is 1. The van der Waals surface area contributed by atoms with Crippen LogP contribution < -0.4 is 4.74 Å². The summed E-state index contributed by atoms with van der Waals surface area (Å²) in [6.45, 7) is 0. The molecule has 3 nitrogen and oxygen atoms in total. The van der Waals surface area contributed by atoms with E-state index in [0.29, 0.717) is 26.9 Å². The van der Waals surface area contributed by atoms with E-state index in [2.05, 4.69) is 6.07 Å². The maximum Gasteiger partial charge on any atom is 0.336 e. The summed E-state index contributed by atoms with van der Waals surface area (Å²) in [5.41, 5.74) is 2.75. The van der Waals surface area contributed by atoms with Gasteiger partial charge in [-0.15, -0.1) is 0 Å². The highest BCUT2D eigenvalue weighted by atomic mass is 35.5. The molecule has 0 atom stereocenters. The summed E-state index contributed by atoms with van der Waals surface area (Å²) in [4.78, 5) is 12.1. The van der Waals surface area contributed by atoms with E-state index in [1.54, 1.807) is 48.6 Å². The molecule has 0 aliphatic rings. The Kier molecular flexibility index (Phi) is 6.86. The molecule has 0 amide bonds. The van der Waals surface area contributed by atoms with Crippen LogP contribution in [0.1, 0.15) is 16.7 Å². The largest absolute Gasteiger partial charge is 0.423 e. The average molecular weight is 420 g/mol. The number of carbonyl (C=O) groups is 1. The van der Waals surface area contributed by atoms with Gasteiger partial charge in [0.05, 0.1) is 11.6 Å². The normalized spacial score (nSPS) is 11.3. The highest BCUT2D eigenvalue weighted by Crippen LogP contribution is 2.23. The number of esters is 1. The van der Waals surface area contributed by atoms with E-state index in [0.717, 1.165) is 11.1 Å². The fourth-order valence-electron chi connectivity index (χ4n) is 2.58. The van der Waals surface area contributed by atoms with E-state index in [4.69, 9.17) is 27.9 Å². The average Bonchev–Trinajstić information content (AvgIpc) is 2.72. The first-order valence-corrected chi connectivity index (χ1v) is 9.43. The Labute approximate surface area is 179 Å². The van der Waals surface area contributed by atoms with Gasteiger partial charge in [-0.2, -0.15) is 5.26 Å². The lowest BCUT2D eigenvalue weighted by Crippen LogP contribution is -2.03. The minimum Gasteiger partial charge on any atom is -0.423 e. The number of hydrogen-bond donors (Lipinski definition) is 0. The molecule has 0 fully saturated rings. The van der Waals surface area contributed by atoms with Crippen LogP contribution in [0.25, 0.3) is 17.7 Å². The molecule has 0 spiro atoms. The molecule has 3 aromatic carbocycles. The van der Waals surface area contributed by atoms with Crippen molar-refractivity contribution < 1.29 is 9.53 Å². The first kappa shape index (κ1) is 20.4. The quantitative estimate of drug-likeness (QED) is 0.152. The Morgan fingerprint density at radius 2 is 1.76 bits per heavy atom. The number of nitrogens with zero attached hydrogens (tertiary/aromatic N) is 1. The molecule has 29 heavy (non-hydrogen) atoms. The summed E-state index contributed by atoms with van der Waals surface area (Å²) in [5, 5.41) is 10.4. The molecular weight excluding hydrogens is 405 g/mol. The molecule has 0 aliphatic heterocycles. The van der Waals surface area contributed by atoms with Gasteiger partial charge in [-0.05, 0) is 53.1 Å². The molecule has 0 unspecified atom stereocenters. The fourth-order valence-corrected chi connectivity index (χ4v) is 3.05. The van der Waals surface area contributed by atoms with Crippen molar-refractivity contribution in [3.05, 3.63) is 106 Å². The summed E-state index contributed by atoms with van der Waals surface area (Å²) in [7, 11) is 0. The Bertz CT molecular complexity index is 1130. The second kappa shape index (κ2) is 9.75. The topological polar surface area (TPSA) is 50.1 Å². The zero-order valence-corrected chi connectivity index (χ0v) is 16.7. The highest BCUT2D eigenvalue weighted by molar-refractivity contribution is 6.35. The van der Waals surface area contributed by atoms with Crippen LogP contribution in [0.5, 0.6) is 5.75 Å². The van der Waals surface area contributed by atoms with Crippen LogP contribution in [0, 0.1) is 11.3 Å². The van der Waals surface area contributed by atoms with Crippen molar-refractivity contribution in [2.24, 2.45) is 0 Å². The Balaban J connectivity index is 1.74. The molecule has 3 aromatic rings. The van der Waals surface area contributed by atoms with E-state index in [1.807, 2.05) is 36.4 Å². The van der Waals surface area contributed by atoms with Crippen LogP contribution in [0.15, 0.2) is 78.9 Å². The Hall–Kier alpha value is -3.32. The number of carbonyl (C=O) groups excluding carboxylic acids is 1. The standard InChI is InChI=1S/C24H15Cl2NO2/c25-21-11-9-19(23(26)15-21)10-12-24(28)29-22-8-4-5-17(14-22)13-20(16-27)18-6-2-1-3-7-18/h1-15H/b12-10+,20-13-. The number of halogens is 2. The van der Waals surface area contributed by atoms with Gasteiger partial charge >= 0.3 is 5.97 Å². The smallest absolute Gasteiger partial charge is 0.336 e. The molecular formula is C24H15Cl2NO2. The van der Waals surface area contributed by atoms with Gasteiger partial charge in [-0.25, -0.2) is 4.79 Å². The fraction of sp³-hybridized carbons (Fsp3) is 0. The SMILES string of the molecule is N#C/C(=C/c1cccc(OC(=O)/C=C/c2ccc(Cl)cc2Cl)c1)c1ccccc1. The van der Waals surface area contributed by atoms with Gasteiger partial charge in [-0.1, -0.05) is 71.7 Å². The third-order valence-electron chi connectivity index (χ3n) is 3.95. The lowest BCUT2D eigenvalue weighted by atomic mass is 10.0. The maximum atomic E-state index is 12.1. The first-order chi connectivity index (χ1) is 14.0. The van der Waals surface area contributed by atoms with Gasteiger partial charge in [0.25, 0.3) is 0 Å². The molecule has 142 valence electrons. The Morgan fingerprint density at radius 1 is 0.966 bits per heavy atom. The molecule has 3 rings (SSSR count). The van der Waals surface area contributed by atoms with Gasteiger partial charge < -0.3 is 4.74 Å². The summed E-state index contributed by atoms with van der Waals surface area (Å²) in [6, 6.07) is 23.5. The van der Waals surface area contributed by atoms with Crippen molar-refractivity contribution in [1.29, 1.82) is 5.26 Å². The second-order valence-electron chi connectivity index (χ2n) is 6.03. The summed E-state index contributed by atoms with van der Waals surface area (Å²) < 4.78 is 5.35. The number of allylic oxidation sites excluding steroid dienone is 1. The van der Waals surface area contributed by atoms with Gasteiger partial charge in [0, 0.05) is 16.1 Å². The maximum absolute atomic E-state index is 12.1. The lowest BCUT2D eigenvalue weighted by Gasteiger charge is -2.04. The lowest BCUT2D eigenvalue weighted by molar-refractivity contribution is -0.128. The van der Waals surface area contributed by atoms with Crippen molar-refractivity contribution in [2.75, 3.05) is 0 Å². The second-order valence-corrected chi connectivity index (χ2v) is 6.87. The Morgan fingerprint density at radius 3 is 2.48 bits per heavy atom. The van der Waals surface area contributed by atoms with Crippen molar-refractivity contribution in [3.63, 3.8) is 0 Å². The van der Waals surface area contributed by atoms with Crippen molar-refractivity contribution >= 4 is 46.9 Å². The first-order valence-electron chi connectivity index (χ1n) is 8.67. The molecule has 0 heterocycles. The zero-order valence-electron chi connectivity index (χ0n) is 15.2. The van der Waals surface area contributed by atoms with Crippen molar-refractivity contribution in [1.82, 2.24) is 0 Å². The van der Waals surface area contributed by atoms with Gasteiger partial charge in [0.2, 0.25) is 0 Å². The third kappa shape index (κ3) is 5.83. The van der Waals surface area contributed by atoms with E-state index >= 15 is 0 Å². The molecule has 0 saturated heterocycles. The molecule has 0 aliphatic carbocycles. The minimum atomic E-state index is -0.541. The summed E-state index contributed by atoms with van der Waals surface area (Å²) in [6.07, 6.45) is 4.60. The van der Waals surface area contributed by atoms with Crippen molar-refractivity contribution in [3.8, 4) is 11.8 Å². The summed E-state index contributed by atoms with van der Waals surface area (Å²) in [5.74, 6) is -0.165. The zero-order chi connectivity index (χ0) is 20.6. The predicted octanol–water partition coefficient (Wildman–Crippen LogP) is 6.68. The van der Waals surface area contributed by atoms with Crippen molar-refractivity contribution in [2.45, 2.75) is 0 Å². The van der Waals surface area contributed by atoms with Crippen LogP contribution in [0.4, 0.5) is 0 Å². The predicted molar refractivity (Wildman–Crippen MR) is 117 cm³/mol. The van der Waals surface area contributed by atoms with Crippen LogP contribution in [0.2, 0.25) is 10.0 Å². The minimum absolute atomic E-state index is 0.376. The monoisotopic (exact) mass is 419 g/mol. The highest BCUT2D eigenvalue weighted by Gasteiger charge is 2.05. The van der Waals surface area contributed by atoms with Gasteiger partial charge in [-0.3, -0.25) is 0 Å². The molecule has 0 bridgehead atoms. The molecule has 0 saturated carbocycles. The summed E-state index contributed by atoms with van der Waals surface area (Å²) >= 11 is 11.9. The number of rotatable bonds is 5.